The van der Waals surface area contributed by atoms with Crippen molar-refractivity contribution < 1.29 is 4.74 Å². The highest BCUT2D eigenvalue weighted by molar-refractivity contribution is 9.10. The Morgan fingerprint density at radius 2 is 2.20 bits per heavy atom. The van der Waals surface area contributed by atoms with Crippen LogP contribution >= 0.6 is 15.9 Å². The van der Waals surface area contributed by atoms with Crippen LogP contribution in [0.15, 0.2) is 22.8 Å². The lowest BCUT2D eigenvalue weighted by Crippen LogP contribution is -2.24. The summed E-state index contributed by atoms with van der Waals surface area (Å²) in [6.45, 7) is 5.65. The first-order valence-corrected chi connectivity index (χ1v) is 5.84. The van der Waals surface area contributed by atoms with Crippen LogP contribution in [0, 0.1) is 0 Å². The van der Waals surface area contributed by atoms with Crippen LogP contribution in [0.4, 0.5) is 5.82 Å². The number of ether oxygens (including phenoxy) is 1. The number of nitrogens with zero attached hydrogens (tertiary/aromatic N) is 2. The third-order valence-corrected chi connectivity index (χ3v) is 2.41. The molecule has 0 fully saturated rings. The van der Waals surface area contributed by atoms with Crippen LogP contribution in [-0.4, -0.2) is 31.3 Å². The summed E-state index contributed by atoms with van der Waals surface area (Å²) in [5.41, 5.74) is 0. The van der Waals surface area contributed by atoms with E-state index < -0.39 is 0 Å². The maximum absolute atomic E-state index is 5.48. The first kappa shape index (κ1) is 12.5. The number of hydrogen-bond acceptors (Lipinski definition) is 3. The Bertz CT molecular complexity index is 304. The second-order valence-corrected chi connectivity index (χ2v) is 4.47. The molecule has 1 rings (SSSR count). The molecule has 1 heterocycles. The smallest absolute Gasteiger partial charge is 0.129 e. The molecule has 0 amide bonds. The van der Waals surface area contributed by atoms with E-state index >= 15 is 0 Å². The summed E-state index contributed by atoms with van der Waals surface area (Å²) in [6.07, 6.45) is 0.286. The van der Waals surface area contributed by atoms with Crippen molar-refractivity contribution in [1.82, 2.24) is 4.98 Å². The van der Waals surface area contributed by atoms with E-state index in [-0.39, 0.29) is 6.10 Å². The van der Waals surface area contributed by atoms with Gasteiger partial charge in [0.1, 0.15) is 10.4 Å². The molecular formula is C11H17BrN2O. The number of halogens is 1. The van der Waals surface area contributed by atoms with Gasteiger partial charge in [-0.25, -0.2) is 4.98 Å². The fraction of sp³-hybridized carbons (Fsp3) is 0.545. The average Bonchev–Trinajstić information content (AvgIpc) is 2.17. The Kier molecular flexibility index (Phi) is 5.05. The summed E-state index contributed by atoms with van der Waals surface area (Å²) >= 11 is 3.35. The first-order valence-electron chi connectivity index (χ1n) is 5.05. The van der Waals surface area contributed by atoms with Crippen molar-refractivity contribution in [3.05, 3.63) is 22.8 Å². The number of likely N-dealkylation sites (N-methyl/N-ethyl adjacent to an activating group) is 1. The molecule has 0 aliphatic heterocycles. The second-order valence-electron chi connectivity index (χ2n) is 3.66. The van der Waals surface area contributed by atoms with Crippen molar-refractivity contribution in [2.45, 2.75) is 20.0 Å². The molecule has 1 aromatic rings. The number of rotatable bonds is 5. The van der Waals surface area contributed by atoms with Gasteiger partial charge in [0.2, 0.25) is 0 Å². The van der Waals surface area contributed by atoms with Gasteiger partial charge in [-0.05, 0) is 41.9 Å². The summed E-state index contributed by atoms with van der Waals surface area (Å²) in [5, 5.41) is 0. The molecule has 1 aromatic heterocycles. The number of hydrogen-bond donors (Lipinski definition) is 0. The number of anilines is 1. The highest BCUT2D eigenvalue weighted by Gasteiger charge is 2.02. The number of pyridine rings is 1. The molecule has 0 spiro atoms. The van der Waals surface area contributed by atoms with E-state index in [9.17, 15) is 0 Å². The quantitative estimate of drug-likeness (QED) is 0.771. The van der Waals surface area contributed by atoms with Gasteiger partial charge in [0.05, 0.1) is 12.7 Å². The minimum atomic E-state index is 0.286. The summed E-state index contributed by atoms with van der Waals surface area (Å²) < 4.78 is 6.34. The van der Waals surface area contributed by atoms with Gasteiger partial charge in [-0.3, -0.25) is 0 Å². The third kappa shape index (κ3) is 4.62. The molecule has 0 atom stereocenters. The second kappa shape index (κ2) is 6.08. The zero-order chi connectivity index (χ0) is 11.3. The highest BCUT2D eigenvalue weighted by atomic mass is 79.9. The molecule has 15 heavy (non-hydrogen) atoms. The van der Waals surface area contributed by atoms with E-state index in [0.29, 0.717) is 0 Å². The third-order valence-electron chi connectivity index (χ3n) is 1.97. The van der Waals surface area contributed by atoms with E-state index in [1.165, 1.54) is 0 Å². The van der Waals surface area contributed by atoms with Crippen molar-refractivity contribution in [2.75, 3.05) is 25.1 Å². The van der Waals surface area contributed by atoms with E-state index in [1.54, 1.807) is 0 Å². The van der Waals surface area contributed by atoms with Gasteiger partial charge in [0.25, 0.3) is 0 Å². The minimum Gasteiger partial charge on any atom is -0.377 e. The van der Waals surface area contributed by atoms with Gasteiger partial charge in [-0.15, -0.1) is 0 Å². The fourth-order valence-corrected chi connectivity index (χ4v) is 1.48. The zero-order valence-corrected chi connectivity index (χ0v) is 11.0. The van der Waals surface area contributed by atoms with E-state index in [1.807, 2.05) is 39.1 Å². The van der Waals surface area contributed by atoms with Crippen LogP contribution in [0.1, 0.15) is 13.8 Å². The normalized spacial score (nSPS) is 10.7. The van der Waals surface area contributed by atoms with Gasteiger partial charge >= 0.3 is 0 Å². The fourth-order valence-electron chi connectivity index (χ4n) is 1.15. The van der Waals surface area contributed by atoms with Crippen LogP contribution in [0.2, 0.25) is 0 Å². The topological polar surface area (TPSA) is 25.4 Å². The van der Waals surface area contributed by atoms with Crippen LogP contribution in [0.25, 0.3) is 0 Å². The van der Waals surface area contributed by atoms with Crippen LogP contribution in [0.5, 0.6) is 0 Å². The molecule has 0 N–H and O–H groups in total. The largest absolute Gasteiger partial charge is 0.377 e. The summed E-state index contributed by atoms with van der Waals surface area (Å²) in [7, 11) is 2.01. The molecule has 0 unspecified atom stereocenters. The highest BCUT2D eigenvalue weighted by Crippen LogP contribution is 2.13. The lowest BCUT2D eigenvalue weighted by Gasteiger charge is -2.18. The molecule has 0 bridgehead atoms. The van der Waals surface area contributed by atoms with Crippen molar-refractivity contribution in [3.8, 4) is 0 Å². The van der Waals surface area contributed by atoms with Crippen LogP contribution in [0.3, 0.4) is 0 Å². The van der Waals surface area contributed by atoms with Gasteiger partial charge in [0, 0.05) is 13.6 Å². The van der Waals surface area contributed by atoms with Gasteiger partial charge in [-0.1, -0.05) is 6.07 Å². The molecule has 0 aliphatic rings. The molecule has 0 saturated carbocycles. The molecular weight excluding hydrogens is 256 g/mol. The Morgan fingerprint density at radius 3 is 2.80 bits per heavy atom. The Labute approximate surface area is 99.6 Å². The Balaban J connectivity index is 2.43. The SMILES string of the molecule is CC(C)OCCN(C)c1cccc(Br)n1. The van der Waals surface area contributed by atoms with E-state index in [4.69, 9.17) is 4.74 Å². The van der Waals surface area contributed by atoms with Gasteiger partial charge < -0.3 is 9.64 Å². The maximum atomic E-state index is 5.48. The van der Waals surface area contributed by atoms with Crippen molar-refractivity contribution in [2.24, 2.45) is 0 Å². The zero-order valence-electron chi connectivity index (χ0n) is 9.40. The van der Waals surface area contributed by atoms with Gasteiger partial charge in [0.15, 0.2) is 0 Å². The average molecular weight is 273 g/mol. The lowest BCUT2D eigenvalue weighted by atomic mass is 10.4. The van der Waals surface area contributed by atoms with E-state index in [2.05, 4.69) is 25.8 Å². The van der Waals surface area contributed by atoms with Crippen molar-refractivity contribution >= 4 is 21.7 Å². The standard InChI is InChI=1S/C11H17BrN2O/c1-9(2)15-8-7-14(3)11-6-4-5-10(12)13-11/h4-6,9H,7-8H2,1-3H3. The van der Waals surface area contributed by atoms with Crippen molar-refractivity contribution in [3.63, 3.8) is 0 Å². The molecule has 4 heteroatoms. The predicted molar refractivity (Wildman–Crippen MR) is 66.3 cm³/mol. The molecule has 3 nitrogen and oxygen atoms in total. The molecule has 0 saturated heterocycles. The first-order chi connectivity index (χ1) is 7.09. The molecule has 0 aromatic carbocycles. The summed E-state index contributed by atoms with van der Waals surface area (Å²) in [6, 6.07) is 5.88. The lowest BCUT2D eigenvalue weighted by molar-refractivity contribution is 0.0845. The molecule has 84 valence electrons. The molecule has 0 aliphatic carbocycles. The van der Waals surface area contributed by atoms with Crippen molar-refractivity contribution in [1.29, 1.82) is 0 Å². The maximum Gasteiger partial charge on any atom is 0.129 e. The minimum absolute atomic E-state index is 0.286. The predicted octanol–water partition coefficient (Wildman–Crippen LogP) is 2.71. The Hall–Kier alpha value is -0.610. The summed E-state index contributed by atoms with van der Waals surface area (Å²) in [5.74, 6) is 0.955. The monoisotopic (exact) mass is 272 g/mol. The Morgan fingerprint density at radius 1 is 1.47 bits per heavy atom. The van der Waals surface area contributed by atoms with Crippen LogP contribution < -0.4 is 4.90 Å². The van der Waals surface area contributed by atoms with Gasteiger partial charge in [-0.2, -0.15) is 0 Å². The van der Waals surface area contributed by atoms with E-state index in [0.717, 1.165) is 23.6 Å². The molecule has 0 radical (unpaired) electrons. The number of aromatic nitrogens is 1. The van der Waals surface area contributed by atoms with Crippen LogP contribution in [-0.2, 0) is 4.74 Å². The summed E-state index contributed by atoms with van der Waals surface area (Å²) in [4.78, 5) is 6.43.